The topological polar surface area (TPSA) is 33.1 Å². The lowest BCUT2D eigenvalue weighted by Gasteiger charge is -2.15. The van der Waals surface area contributed by atoms with Crippen molar-refractivity contribution in [2.45, 2.75) is 19.3 Å². The zero-order valence-electron chi connectivity index (χ0n) is 10.3. The molecule has 2 rings (SSSR count). The van der Waals surface area contributed by atoms with Crippen LogP contribution in [0, 0.1) is 6.92 Å². The van der Waals surface area contributed by atoms with Crippen LogP contribution >= 0.6 is 15.9 Å². The van der Waals surface area contributed by atoms with E-state index in [9.17, 15) is 5.11 Å². The van der Waals surface area contributed by atoms with Crippen LogP contribution in [-0.4, -0.2) is 16.7 Å². The number of benzene rings is 1. The third-order valence-electron chi connectivity index (χ3n) is 2.98. The molecule has 1 unspecified atom stereocenters. The molecule has 0 aliphatic carbocycles. The summed E-state index contributed by atoms with van der Waals surface area (Å²) in [6, 6.07) is 10.3. The van der Waals surface area contributed by atoms with Crippen molar-refractivity contribution in [2.75, 3.05) is 6.61 Å². The fourth-order valence-electron chi connectivity index (χ4n) is 2.06. The Morgan fingerprint density at radius 1 is 1.28 bits per heavy atom. The first-order chi connectivity index (χ1) is 8.69. The molecule has 3 heteroatoms. The van der Waals surface area contributed by atoms with E-state index in [2.05, 4.69) is 46.0 Å². The van der Waals surface area contributed by atoms with Crippen LogP contribution in [0.25, 0.3) is 0 Å². The molecule has 0 radical (unpaired) electrons. The molecular weight excluding hydrogens is 290 g/mol. The lowest BCUT2D eigenvalue weighted by molar-refractivity contribution is 0.264. The van der Waals surface area contributed by atoms with E-state index in [-0.39, 0.29) is 12.5 Å². The number of halogens is 1. The molecule has 0 saturated heterocycles. The number of aromatic nitrogens is 1. The van der Waals surface area contributed by atoms with Gasteiger partial charge < -0.3 is 5.11 Å². The summed E-state index contributed by atoms with van der Waals surface area (Å²) in [7, 11) is 0. The van der Waals surface area contributed by atoms with Crippen molar-refractivity contribution in [1.82, 2.24) is 4.98 Å². The molecule has 2 nitrogen and oxygen atoms in total. The van der Waals surface area contributed by atoms with Gasteiger partial charge in [0.1, 0.15) is 0 Å². The van der Waals surface area contributed by atoms with Gasteiger partial charge in [-0.15, -0.1) is 0 Å². The zero-order chi connectivity index (χ0) is 13.0. The fourth-order valence-corrected chi connectivity index (χ4v) is 2.48. The molecule has 0 fully saturated rings. The Morgan fingerprint density at radius 2 is 2.11 bits per heavy atom. The SMILES string of the molecule is Cc1cccc(C(CO)Cc2cncc(Br)c2)c1. The quantitative estimate of drug-likeness (QED) is 0.938. The maximum absolute atomic E-state index is 9.57. The van der Waals surface area contributed by atoms with Crippen molar-refractivity contribution >= 4 is 15.9 Å². The highest BCUT2D eigenvalue weighted by Crippen LogP contribution is 2.22. The second-order valence-electron chi connectivity index (χ2n) is 4.51. The van der Waals surface area contributed by atoms with Gasteiger partial charge in [-0.25, -0.2) is 0 Å². The highest BCUT2D eigenvalue weighted by molar-refractivity contribution is 9.10. The van der Waals surface area contributed by atoms with E-state index in [1.54, 1.807) is 6.20 Å². The van der Waals surface area contributed by atoms with E-state index in [0.29, 0.717) is 0 Å². The third-order valence-corrected chi connectivity index (χ3v) is 3.41. The summed E-state index contributed by atoms with van der Waals surface area (Å²) in [4.78, 5) is 4.15. The maximum Gasteiger partial charge on any atom is 0.0502 e. The van der Waals surface area contributed by atoms with Gasteiger partial charge in [0.2, 0.25) is 0 Å². The standard InChI is InChI=1S/C15H16BrNO/c1-11-3-2-4-13(5-11)14(10-18)6-12-7-15(16)9-17-8-12/h2-5,7-9,14,18H,6,10H2,1H3. The number of aliphatic hydroxyl groups is 1. The Labute approximate surface area is 116 Å². The molecule has 0 aliphatic rings. The number of aliphatic hydroxyl groups excluding tert-OH is 1. The van der Waals surface area contributed by atoms with Gasteiger partial charge in [-0.3, -0.25) is 4.98 Å². The molecule has 94 valence electrons. The van der Waals surface area contributed by atoms with Gasteiger partial charge >= 0.3 is 0 Å². The van der Waals surface area contributed by atoms with Gasteiger partial charge in [-0.05, 0) is 46.5 Å². The van der Waals surface area contributed by atoms with E-state index in [4.69, 9.17) is 0 Å². The van der Waals surface area contributed by atoms with Crippen LogP contribution in [0.3, 0.4) is 0 Å². The number of rotatable bonds is 4. The van der Waals surface area contributed by atoms with Crippen molar-refractivity contribution in [3.8, 4) is 0 Å². The van der Waals surface area contributed by atoms with Crippen molar-refractivity contribution in [2.24, 2.45) is 0 Å². The first kappa shape index (κ1) is 13.2. The molecule has 1 heterocycles. The Balaban J connectivity index is 2.19. The summed E-state index contributed by atoms with van der Waals surface area (Å²) in [5.41, 5.74) is 3.53. The first-order valence-corrected chi connectivity index (χ1v) is 6.75. The summed E-state index contributed by atoms with van der Waals surface area (Å²) >= 11 is 3.42. The molecular formula is C15H16BrNO. The predicted octanol–water partition coefficient (Wildman–Crippen LogP) is 3.47. The predicted molar refractivity (Wildman–Crippen MR) is 76.6 cm³/mol. The lowest BCUT2D eigenvalue weighted by atomic mass is 9.92. The van der Waals surface area contributed by atoms with Crippen LogP contribution in [0.4, 0.5) is 0 Å². The third kappa shape index (κ3) is 3.40. The van der Waals surface area contributed by atoms with E-state index in [1.807, 2.05) is 18.3 Å². The molecule has 0 aliphatic heterocycles. The van der Waals surface area contributed by atoms with Crippen molar-refractivity contribution in [3.05, 3.63) is 63.9 Å². The molecule has 18 heavy (non-hydrogen) atoms. The summed E-state index contributed by atoms with van der Waals surface area (Å²) < 4.78 is 0.973. The largest absolute Gasteiger partial charge is 0.396 e. The smallest absolute Gasteiger partial charge is 0.0502 e. The molecule has 2 aromatic rings. The fraction of sp³-hybridized carbons (Fsp3) is 0.267. The van der Waals surface area contributed by atoms with Crippen LogP contribution in [0.2, 0.25) is 0 Å². The first-order valence-electron chi connectivity index (χ1n) is 5.96. The zero-order valence-corrected chi connectivity index (χ0v) is 11.9. The summed E-state index contributed by atoms with van der Waals surface area (Å²) in [5, 5.41) is 9.57. The molecule has 1 aromatic heterocycles. The normalized spacial score (nSPS) is 12.4. The van der Waals surface area contributed by atoms with Crippen LogP contribution in [0.1, 0.15) is 22.6 Å². The van der Waals surface area contributed by atoms with Gasteiger partial charge in [0.15, 0.2) is 0 Å². The highest BCUT2D eigenvalue weighted by Gasteiger charge is 2.11. The summed E-state index contributed by atoms with van der Waals surface area (Å²) in [6.07, 6.45) is 4.42. The van der Waals surface area contributed by atoms with Gasteiger partial charge in [0.25, 0.3) is 0 Å². The van der Waals surface area contributed by atoms with Crippen LogP contribution in [-0.2, 0) is 6.42 Å². The number of nitrogens with zero attached hydrogens (tertiary/aromatic N) is 1. The van der Waals surface area contributed by atoms with Crippen molar-refractivity contribution < 1.29 is 5.11 Å². The highest BCUT2D eigenvalue weighted by atomic mass is 79.9. The Bertz CT molecular complexity index is 527. The van der Waals surface area contributed by atoms with Crippen LogP contribution < -0.4 is 0 Å². The van der Waals surface area contributed by atoms with E-state index in [0.717, 1.165) is 16.5 Å². The van der Waals surface area contributed by atoms with Gasteiger partial charge in [0, 0.05) is 22.8 Å². The Hall–Kier alpha value is -1.19. The molecule has 1 aromatic carbocycles. The average molecular weight is 306 g/mol. The maximum atomic E-state index is 9.57. The van der Waals surface area contributed by atoms with Gasteiger partial charge in [-0.1, -0.05) is 29.8 Å². The molecule has 0 bridgehead atoms. The van der Waals surface area contributed by atoms with Gasteiger partial charge in [-0.2, -0.15) is 0 Å². The summed E-state index contributed by atoms with van der Waals surface area (Å²) in [6.45, 7) is 2.22. The van der Waals surface area contributed by atoms with Crippen molar-refractivity contribution in [3.63, 3.8) is 0 Å². The average Bonchev–Trinajstić information content (AvgIpc) is 2.36. The second-order valence-corrected chi connectivity index (χ2v) is 5.42. The lowest BCUT2D eigenvalue weighted by Crippen LogP contribution is -2.08. The number of aryl methyl sites for hydroxylation is 1. The molecule has 0 saturated carbocycles. The van der Waals surface area contributed by atoms with Crippen LogP contribution in [0.5, 0.6) is 0 Å². The van der Waals surface area contributed by atoms with Crippen LogP contribution in [0.15, 0.2) is 47.2 Å². The Morgan fingerprint density at radius 3 is 2.78 bits per heavy atom. The Kier molecular flexibility index (Phi) is 4.50. The van der Waals surface area contributed by atoms with Crippen molar-refractivity contribution in [1.29, 1.82) is 0 Å². The minimum atomic E-state index is 0.126. The monoisotopic (exact) mass is 305 g/mol. The minimum Gasteiger partial charge on any atom is -0.396 e. The molecule has 1 N–H and O–H groups in total. The molecule has 0 spiro atoms. The molecule has 1 atom stereocenters. The number of hydrogen-bond acceptors (Lipinski definition) is 2. The van der Waals surface area contributed by atoms with Gasteiger partial charge in [0.05, 0.1) is 6.61 Å². The molecule has 0 amide bonds. The number of hydrogen-bond donors (Lipinski definition) is 1. The van der Waals surface area contributed by atoms with E-state index in [1.165, 1.54) is 11.1 Å². The number of pyridine rings is 1. The minimum absolute atomic E-state index is 0.126. The second kappa shape index (κ2) is 6.12. The summed E-state index contributed by atoms with van der Waals surface area (Å²) in [5.74, 6) is 0.126. The van der Waals surface area contributed by atoms with E-state index < -0.39 is 0 Å². The van der Waals surface area contributed by atoms with E-state index >= 15 is 0 Å².